The maximum atomic E-state index is 12.3. The molecule has 0 heterocycles. The first-order valence-corrected chi connectivity index (χ1v) is 8.43. The molecular formula is C21H22O8. The zero-order valence-corrected chi connectivity index (χ0v) is 16.8. The van der Waals surface area contributed by atoms with E-state index in [1.807, 2.05) is 0 Å². The minimum atomic E-state index is -0.697. The molecule has 0 atom stereocenters. The summed E-state index contributed by atoms with van der Waals surface area (Å²) in [5.41, 5.74) is 0.720. The summed E-state index contributed by atoms with van der Waals surface area (Å²) in [7, 11) is 7.19. The minimum absolute atomic E-state index is 0.0238. The Bertz CT molecular complexity index is 892. The van der Waals surface area contributed by atoms with Crippen molar-refractivity contribution in [3.8, 4) is 28.7 Å². The summed E-state index contributed by atoms with van der Waals surface area (Å²) in [6.07, 6.45) is 2.73. The lowest BCUT2D eigenvalue weighted by molar-refractivity contribution is -0.128. The molecule has 2 aromatic carbocycles. The summed E-state index contributed by atoms with van der Waals surface area (Å²) in [6.45, 7) is 0. The van der Waals surface area contributed by atoms with Crippen LogP contribution in [0.5, 0.6) is 28.7 Å². The second kappa shape index (κ2) is 10.0. The highest BCUT2D eigenvalue weighted by molar-refractivity contribution is 5.95. The van der Waals surface area contributed by atoms with Crippen molar-refractivity contribution in [3.05, 3.63) is 47.5 Å². The molecule has 0 unspecified atom stereocenters. The molecule has 8 heteroatoms. The average Bonchev–Trinajstić information content (AvgIpc) is 2.76. The van der Waals surface area contributed by atoms with E-state index in [9.17, 15) is 9.59 Å². The number of rotatable bonds is 8. The lowest BCUT2D eigenvalue weighted by Crippen LogP contribution is -2.10. The summed E-state index contributed by atoms with van der Waals surface area (Å²) in [5.74, 6) is 0.445. The molecule has 0 spiro atoms. The highest BCUT2D eigenvalue weighted by Crippen LogP contribution is 2.38. The maximum absolute atomic E-state index is 12.3. The zero-order chi connectivity index (χ0) is 21.4. The van der Waals surface area contributed by atoms with Gasteiger partial charge in [0.25, 0.3) is 0 Å². The van der Waals surface area contributed by atoms with Crippen LogP contribution in [0.25, 0.3) is 6.08 Å². The standard InChI is InChI=1S/C21H22O8/c1-24-14-7-8-15(21(23)28-5)16(12-14)29-19(22)9-6-13-10-17(25-2)20(27-4)18(11-13)26-3/h6-12H,1-5H3. The molecule has 2 rings (SSSR count). The minimum Gasteiger partial charge on any atom is -0.497 e. The van der Waals surface area contributed by atoms with Gasteiger partial charge in [-0.05, 0) is 35.9 Å². The predicted octanol–water partition coefficient (Wildman–Crippen LogP) is 3.13. The Balaban J connectivity index is 2.27. The fourth-order valence-electron chi connectivity index (χ4n) is 2.50. The number of carbonyl (C=O) groups excluding carboxylic acids is 2. The molecule has 154 valence electrons. The van der Waals surface area contributed by atoms with E-state index in [1.54, 1.807) is 18.2 Å². The number of carbonyl (C=O) groups is 2. The van der Waals surface area contributed by atoms with Crippen LogP contribution in [0.3, 0.4) is 0 Å². The van der Waals surface area contributed by atoms with E-state index in [0.717, 1.165) is 0 Å². The van der Waals surface area contributed by atoms with Gasteiger partial charge >= 0.3 is 11.9 Å². The van der Waals surface area contributed by atoms with Crippen molar-refractivity contribution in [1.29, 1.82) is 0 Å². The highest BCUT2D eigenvalue weighted by Gasteiger charge is 2.17. The molecule has 0 aliphatic carbocycles. The van der Waals surface area contributed by atoms with Crippen LogP contribution in [-0.2, 0) is 9.53 Å². The third kappa shape index (κ3) is 5.19. The second-order valence-corrected chi connectivity index (χ2v) is 5.57. The van der Waals surface area contributed by atoms with E-state index < -0.39 is 11.9 Å². The summed E-state index contributed by atoms with van der Waals surface area (Å²) < 4.78 is 30.9. The second-order valence-electron chi connectivity index (χ2n) is 5.57. The number of methoxy groups -OCH3 is 5. The van der Waals surface area contributed by atoms with Gasteiger partial charge in [0.1, 0.15) is 17.1 Å². The van der Waals surface area contributed by atoms with Crippen LogP contribution < -0.4 is 23.7 Å². The number of benzene rings is 2. The van der Waals surface area contributed by atoms with E-state index in [4.69, 9.17) is 28.4 Å². The van der Waals surface area contributed by atoms with Crippen molar-refractivity contribution in [2.75, 3.05) is 35.5 Å². The third-order valence-electron chi connectivity index (χ3n) is 3.90. The van der Waals surface area contributed by atoms with Crippen LogP contribution in [0.15, 0.2) is 36.4 Å². The lowest BCUT2D eigenvalue weighted by atomic mass is 10.1. The Morgan fingerprint density at radius 2 is 1.45 bits per heavy atom. The van der Waals surface area contributed by atoms with Gasteiger partial charge in [0.15, 0.2) is 11.5 Å². The Morgan fingerprint density at radius 3 is 1.97 bits per heavy atom. The Kier molecular flexibility index (Phi) is 7.47. The first-order valence-electron chi connectivity index (χ1n) is 8.43. The molecule has 2 aromatic rings. The van der Waals surface area contributed by atoms with Gasteiger partial charge < -0.3 is 28.4 Å². The first-order chi connectivity index (χ1) is 14.0. The van der Waals surface area contributed by atoms with Crippen molar-refractivity contribution >= 4 is 18.0 Å². The Labute approximate surface area is 168 Å². The van der Waals surface area contributed by atoms with Gasteiger partial charge in [-0.2, -0.15) is 0 Å². The summed E-state index contributed by atoms with van der Waals surface area (Å²) in [4.78, 5) is 24.2. The molecule has 0 bridgehead atoms. The quantitative estimate of drug-likeness (QED) is 0.378. The normalized spacial score (nSPS) is 10.4. The number of ether oxygens (including phenoxy) is 6. The van der Waals surface area contributed by atoms with Gasteiger partial charge in [-0.3, -0.25) is 0 Å². The van der Waals surface area contributed by atoms with Crippen molar-refractivity contribution in [1.82, 2.24) is 0 Å². The summed E-state index contributed by atoms with van der Waals surface area (Å²) in [6, 6.07) is 7.80. The third-order valence-corrected chi connectivity index (χ3v) is 3.90. The van der Waals surface area contributed by atoms with Gasteiger partial charge in [-0.1, -0.05) is 0 Å². The topological polar surface area (TPSA) is 89.5 Å². The average molecular weight is 402 g/mol. The van der Waals surface area contributed by atoms with E-state index in [0.29, 0.717) is 28.6 Å². The molecular weight excluding hydrogens is 380 g/mol. The van der Waals surface area contributed by atoms with Crippen LogP contribution in [0, 0.1) is 0 Å². The fraction of sp³-hybridized carbons (Fsp3) is 0.238. The molecule has 0 saturated carbocycles. The van der Waals surface area contributed by atoms with Gasteiger partial charge in [-0.25, -0.2) is 9.59 Å². The number of hydrogen-bond donors (Lipinski definition) is 0. The van der Waals surface area contributed by atoms with Crippen molar-refractivity contribution in [3.63, 3.8) is 0 Å². The molecule has 0 aliphatic rings. The van der Waals surface area contributed by atoms with Crippen molar-refractivity contribution in [2.24, 2.45) is 0 Å². The Hall–Kier alpha value is -3.68. The summed E-state index contributed by atoms with van der Waals surface area (Å²) >= 11 is 0. The van der Waals surface area contributed by atoms with Gasteiger partial charge in [0.2, 0.25) is 5.75 Å². The fourth-order valence-corrected chi connectivity index (χ4v) is 2.50. The monoisotopic (exact) mass is 402 g/mol. The van der Waals surface area contributed by atoms with Crippen LogP contribution in [0.2, 0.25) is 0 Å². The van der Waals surface area contributed by atoms with E-state index >= 15 is 0 Å². The van der Waals surface area contributed by atoms with E-state index in [-0.39, 0.29) is 11.3 Å². The van der Waals surface area contributed by atoms with Crippen molar-refractivity contribution in [2.45, 2.75) is 0 Å². The lowest BCUT2D eigenvalue weighted by Gasteiger charge is -2.12. The Morgan fingerprint density at radius 1 is 0.793 bits per heavy atom. The number of esters is 2. The van der Waals surface area contributed by atoms with Crippen LogP contribution >= 0.6 is 0 Å². The predicted molar refractivity (Wildman–Crippen MR) is 105 cm³/mol. The molecule has 0 N–H and O–H groups in total. The molecule has 29 heavy (non-hydrogen) atoms. The maximum Gasteiger partial charge on any atom is 0.341 e. The summed E-state index contributed by atoms with van der Waals surface area (Å²) in [5, 5.41) is 0. The number of hydrogen-bond acceptors (Lipinski definition) is 8. The van der Waals surface area contributed by atoms with Crippen LogP contribution in [-0.4, -0.2) is 47.5 Å². The van der Waals surface area contributed by atoms with Gasteiger partial charge in [-0.15, -0.1) is 0 Å². The van der Waals surface area contributed by atoms with Crippen LogP contribution in [0.4, 0.5) is 0 Å². The zero-order valence-electron chi connectivity index (χ0n) is 16.8. The largest absolute Gasteiger partial charge is 0.497 e. The molecule has 0 fully saturated rings. The van der Waals surface area contributed by atoms with Gasteiger partial charge in [0, 0.05) is 12.1 Å². The molecule has 0 saturated heterocycles. The molecule has 0 radical (unpaired) electrons. The smallest absolute Gasteiger partial charge is 0.341 e. The molecule has 0 amide bonds. The van der Waals surface area contributed by atoms with Crippen LogP contribution in [0.1, 0.15) is 15.9 Å². The van der Waals surface area contributed by atoms with E-state index in [1.165, 1.54) is 59.8 Å². The molecule has 0 aromatic heterocycles. The van der Waals surface area contributed by atoms with E-state index in [2.05, 4.69) is 0 Å². The van der Waals surface area contributed by atoms with Crippen molar-refractivity contribution < 1.29 is 38.0 Å². The molecule has 8 nitrogen and oxygen atoms in total. The SMILES string of the molecule is COC(=O)c1ccc(OC)cc1OC(=O)C=Cc1cc(OC)c(OC)c(OC)c1. The molecule has 0 aliphatic heterocycles. The highest BCUT2D eigenvalue weighted by atomic mass is 16.5. The van der Waals surface area contributed by atoms with Gasteiger partial charge in [0.05, 0.1) is 35.5 Å². The first kappa shape index (κ1) is 21.6.